The lowest BCUT2D eigenvalue weighted by Gasteiger charge is -2.24. The van der Waals surface area contributed by atoms with Crippen LogP contribution in [-0.2, 0) is 5.54 Å². The molecule has 2 heterocycles. The number of carbonyl (C=O) groups excluding carboxylic acids is 1. The van der Waals surface area contributed by atoms with Crippen molar-refractivity contribution in [2.24, 2.45) is 5.92 Å². The monoisotopic (exact) mass is 387 g/mol. The van der Waals surface area contributed by atoms with Crippen LogP contribution in [0.3, 0.4) is 0 Å². The lowest BCUT2D eigenvalue weighted by atomic mass is 10.1. The summed E-state index contributed by atoms with van der Waals surface area (Å²) in [5, 5.41) is 5.94. The number of amides is 1. The highest BCUT2D eigenvalue weighted by Crippen LogP contribution is 2.43. The van der Waals surface area contributed by atoms with E-state index in [1.807, 2.05) is 38.3 Å². The van der Waals surface area contributed by atoms with Crippen LogP contribution >= 0.6 is 11.3 Å². The summed E-state index contributed by atoms with van der Waals surface area (Å²) >= 11 is 1.55. The molecular weight excluding hydrogens is 358 g/mol. The molecule has 0 saturated heterocycles. The van der Waals surface area contributed by atoms with E-state index < -0.39 is 5.54 Å². The molecule has 1 saturated carbocycles. The van der Waals surface area contributed by atoms with E-state index in [-0.39, 0.29) is 5.91 Å². The second-order valence-electron chi connectivity index (χ2n) is 8.06. The molecule has 0 aromatic carbocycles. The zero-order valence-electron chi connectivity index (χ0n) is 16.8. The van der Waals surface area contributed by atoms with E-state index >= 15 is 0 Å². The predicted octanol–water partition coefficient (Wildman–Crippen LogP) is 4.81. The van der Waals surface area contributed by atoms with Gasteiger partial charge in [-0.3, -0.25) is 4.79 Å². The Balaban J connectivity index is 1.77. The van der Waals surface area contributed by atoms with E-state index in [2.05, 4.69) is 29.1 Å². The van der Waals surface area contributed by atoms with Crippen LogP contribution in [0.2, 0.25) is 0 Å². The van der Waals surface area contributed by atoms with Crippen molar-refractivity contribution < 1.29 is 9.53 Å². The summed E-state index contributed by atoms with van der Waals surface area (Å²) in [6.45, 7) is 10.8. The topological polar surface area (TPSA) is 64.1 Å². The number of pyridine rings is 1. The highest BCUT2D eigenvalue weighted by molar-refractivity contribution is 7.09. The molecule has 1 atom stereocenters. The molecule has 0 radical (unpaired) electrons. The van der Waals surface area contributed by atoms with Gasteiger partial charge in [0.05, 0.1) is 12.1 Å². The quantitative estimate of drug-likeness (QED) is 0.706. The van der Waals surface area contributed by atoms with Crippen molar-refractivity contribution in [2.75, 3.05) is 6.61 Å². The number of aryl methyl sites for hydroxylation is 1. The number of carbonyl (C=O) groups is 1. The van der Waals surface area contributed by atoms with Gasteiger partial charge in [-0.2, -0.15) is 0 Å². The first-order chi connectivity index (χ1) is 12.8. The maximum atomic E-state index is 12.8. The fourth-order valence-corrected chi connectivity index (χ4v) is 3.66. The maximum absolute atomic E-state index is 12.8. The van der Waals surface area contributed by atoms with E-state index in [1.54, 1.807) is 11.3 Å². The minimum atomic E-state index is -0.551. The standard InChI is InChI=1S/C21H29N3O2S/c1-6-13(2)11-26-19-16(15-7-8-15)9-10-17(23-19)18(25)24-21(4,5)20-22-14(3)12-27-20/h9-10,12-13,15H,6-8,11H2,1-5H3,(H,24,25). The van der Waals surface area contributed by atoms with Crippen LogP contribution in [-0.4, -0.2) is 22.5 Å². The van der Waals surface area contributed by atoms with E-state index in [0.29, 0.717) is 30.0 Å². The van der Waals surface area contributed by atoms with Crippen LogP contribution in [0, 0.1) is 12.8 Å². The Labute approximate surface area is 165 Å². The maximum Gasteiger partial charge on any atom is 0.270 e. The van der Waals surface area contributed by atoms with Gasteiger partial charge in [0.2, 0.25) is 5.88 Å². The van der Waals surface area contributed by atoms with Gasteiger partial charge in [0.15, 0.2) is 0 Å². The smallest absolute Gasteiger partial charge is 0.270 e. The molecule has 146 valence electrons. The molecule has 1 unspecified atom stereocenters. The van der Waals surface area contributed by atoms with Crippen LogP contribution in [0.25, 0.3) is 0 Å². The van der Waals surface area contributed by atoms with Gasteiger partial charge >= 0.3 is 0 Å². The van der Waals surface area contributed by atoms with Crippen molar-refractivity contribution in [1.29, 1.82) is 0 Å². The lowest BCUT2D eigenvalue weighted by Crippen LogP contribution is -2.41. The molecule has 1 fully saturated rings. The summed E-state index contributed by atoms with van der Waals surface area (Å²) in [5.74, 6) is 1.40. The summed E-state index contributed by atoms with van der Waals surface area (Å²) in [6, 6.07) is 3.81. The number of hydrogen-bond acceptors (Lipinski definition) is 5. The fraction of sp³-hybridized carbons (Fsp3) is 0.571. The summed E-state index contributed by atoms with van der Waals surface area (Å²) in [7, 11) is 0. The Morgan fingerprint density at radius 1 is 1.37 bits per heavy atom. The van der Waals surface area contributed by atoms with E-state index in [9.17, 15) is 4.79 Å². The second-order valence-corrected chi connectivity index (χ2v) is 8.92. The Morgan fingerprint density at radius 2 is 2.11 bits per heavy atom. The third-order valence-corrected chi connectivity index (χ3v) is 6.20. The third-order valence-electron chi connectivity index (χ3n) is 4.92. The Bertz CT molecular complexity index is 812. The highest BCUT2D eigenvalue weighted by atomic mass is 32.1. The molecule has 1 aliphatic carbocycles. The van der Waals surface area contributed by atoms with Crippen molar-refractivity contribution in [3.8, 4) is 5.88 Å². The molecule has 0 aliphatic heterocycles. The normalized spacial score (nSPS) is 15.4. The first kappa shape index (κ1) is 19.8. The van der Waals surface area contributed by atoms with Crippen molar-refractivity contribution in [2.45, 2.75) is 65.3 Å². The van der Waals surface area contributed by atoms with E-state index in [4.69, 9.17) is 4.74 Å². The molecular formula is C21H29N3O2S. The minimum Gasteiger partial charge on any atom is -0.477 e. The van der Waals surface area contributed by atoms with Gasteiger partial charge in [-0.05, 0) is 51.5 Å². The number of thiazole rings is 1. The predicted molar refractivity (Wildman–Crippen MR) is 109 cm³/mol. The largest absolute Gasteiger partial charge is 0.477 e. The zero-order valence-corrected chi connectivity index (χ0v) is 17.7. The van der Waals surface area contributed by atoms with Gasteiger partial charge in [0, 0.05) is 16.6 Å². The van der Waals surface area contributed by atoms with Crippen LogP contribution in [0.1, 0.15) is 79.6 Å². The highest BCUT2D eigenvalue weighted by Gasteiger charge is 2.30. The van der Waals surface area contributed by atoms with Crippen molar-refractivity contribution in [1.82, 2.24) is 15.3 Å². The van der Waals surface area contributed by atoms with Crippen LogP contribution in [0.5, 0.6) is 5.88 Å². The molecule has 27 heavy (non-hydrogen) atoms. The molecule has 3 rings (SSSR count). The van der Waals surface area contributed by atoms with Crippen molar-refractivity contribution >= 4 is 17.2 Å². The van der Waals surface area contributed by atoms with Crippen LogP contribution in [0.4, 0.5) is 0 Å². The molecule has 0 bridgehead atoms. The number of aromatic nitrogens is 2. The number of ether oxygens (including phenoxy) is 1. The van der Waals surface area contributed by atoms with Gasteiger partial charge in [0.25, 0.3) is 5.91 Å². The first-order valence-corrected chi connectivity index (χ1v) is 10.6. The molecule has 2 aromatic heterocycles. The first-order valence-electron chi connectivity index (χ1n) is 9.69. The van der Waals surface area contributed by atoms with Gasteiger partial charge < -0.3 is 10.1 Å². The average molecular weight is 388 g/mol. The SMILES string of the molecule is CCC(C)COc1nc(C(=O)NC(C)(C)c2nc(C)cs2)ccc1C1CC1. The molecule has 1 amide bonds. The van der Waals surface area contributed by atoms with Gasteiger partial charge in [-0.1, -0.05) is 26.3 Å². The van der Waals surface area contributed by atoms with Crippen molar-refractivity contribution in [3.05, 3.63) is 39.5 Å². The van der Waals surface area contributed by atoms with Crippen molar-refractivity contribution in [3.63, 3.8) is 0 Å². The number of hydrogen-bond donors (Lipinski definition) is 1. The number of nitrogens with zero attached hydrogens (tertiary/aromatic N) is 2. The Morgan fingerprint density at radius 3 is 2.70 bits per heavy atom. The molecule has 5 nitrogen and oxygen atoms in total. The molecule has 0 spiro atoms. The number of nitrogens with one attached hydrogen (secondary N) is 1. The molecule has 1 aliphatic rings. The van der Waals surface area contributed by atoms with Crippen LogP contribution in [0.15, 0.2) is 17.5 Å². The van der Waals surface area contributed by atoms with E-state index in [1.165, 1.54) is 12.8 Å². The molecule has 1 N–H and O–H groups in total. The summed E-state index contributed by atoms with van der Waals surface area (Å²) in [5.41, 5.74) is 1.93. The fourth-order valence-electron chi connectivity index (χ4n) is 2.78. The average Bonchev–Trinajstić information content (AvgIpc) is 3.38. The van der Waals surface area contributed by atoms with Gasteiger partial charge in [0.1, 0.15) is 10.7 Å². The second kappa shape index (κ2) is 7.97. The summed E-state index contributed by atoms with van der Waals surface area (Å²) in [4.78, 5) is 21.9. The minimum absolute atomic E-state index is 0.205. The molecule has 2 aromatic rings. The summed E-state index contributed by atoms with van der Waals surface area (Å²) < 4.78 is 6.00. The number of rotatable bonds is 8. The Hall–Kier alpha value is -1.95. The Kier molecular flexibility index (Phi) is 5.84. The zero-order chi connectivity index (χ0) is 19.6. The summed E-state index contributed by atoms with van der Waals surface area (Å²) in [6.07, 6.45) is 3.40. The third kappa shape index (κ3) is 4.86. The van der Waals surface area contributed by atoms with Crippen LogP contribution < -0.4 is 10.1 Å². The molecule has 6 heteroatoms. The van der Waals surface area contributed by atoms with E-state index in [0.717, 1.165) is 22.7 Å². The van der Waals surface area contributed by atoms with Gasteiger partial charge in [-0.25, -0.2) is 9.97 Å². The van der Waals surface area contributed by atoms with Gasteiger partial charge in [-0.15, -0.1) is 11.3 Å². The lowest BCUT2D eigenvalue weighted by molar-refractivity contribution is 0.0905.